The molecule has 4 rings (SSSR count). The minimum atomic E-state index is -0.404. The molecule has 0 aliphatic heterocycles. The van der Waals surface area contributed by atoms with E-state index < -0.39 is 5.91 Å². The second-order valence-electron chi connectivity index (χ2n) is 6.52. The minimum absolute atomic E-state index is 0.166. The zero-order chi connectivity index (χ0) is 19.8. The van der Waals surface area contributed by atoms with E-state index in [-0.39, 0.29) is 11.3 Å². The quantitative estimate of drug-likeness (QED) is 0.593. The van der Waals surface area contributed by atoms with Crippen molar-refractivity contribution < 1.29 is 9.53 Å². The highest BCUT2D eigenvalue weighted by Crippen LogP contribution is 2.26. The topological polar surface area (TPSA) is 77.6 Å². The molecule has 0 fully saturated rings. The number of aryl methyl sites for hydroxylation is 2. The number of amides is 1. The molecule has 7 nitrogen and oxygen atoms in total. The summed E-state index contributed by atoms with van der Waals surface area (Å²) in [7, 11) is 1.55. The fourth-order valence-electron chi connectivity index (χ4n) is 3.37. The van der Waals surface area contributed by atoms with Crippen molar-refractivity contribution in [3.8, 4) is 5.75 Å². The standard InChI is InChI=1S/C21H20N4O3/c1-4-24-16-7-5-6-8-17(16)25-18(21(24)27)12-15(23-25)20(26)22-14-11-13(2)9-10-19(14)28-3/h5-12H,4H2,1-3H3,(H,22,26). The Kier molecular flexibility index (Phi) is 4.35. The van der Waals surface area contributed by atoms with Gasteiger partial charge in [0.25, 0.3) is 11.5 Å². The SMILES string of the molecule is CCn1c(=O)c2cc(C(=O)Nc3cc(C)ccc3OC)nn2c2ccccc21. The monoisotopic (exact) mass is 376 g/mol. The first-order valence-electron chi connectivity index (χ1n) is 9.00. The molecule has 7 heteroatoms. The zero-order valence-electron chi connectivity index (χ0n) is 15.9. The van der Waals surface area contributed by atoms with Gasteiger partial charge in [-0.1, -0.05) is 18.2 Å². The van der Waals surface area contributed by atoms with Crippen LogP contribution in [-0.2, 0) is 6.54 Å². The lowest BCUT2D eigenvalue weighted by atomic mass is 10.2. The highest BCUT2D eigenvalue weighted by molar-refractivity contribution is 6.04. The molecule has 0 saturated heterocycles. The lowest BCUT2D eigenvalue weighted by molar-refractivity contribution is 0.102. The normalized spacial score (nSPS) is 11.1. The fourth-order valence-corrected chi connectivity index (χ4v) is 3.37. The molecular weight excluding hydrogens is 356 g/mol. The number of rotatable bonds is 4. The van der Waals surface area contributed by atoms with Crippen LogP contribution in [0.25, 0.3) is 16.6 Å². The van der Waals surface area contributed by atoms with Crippen molar-refractivity contribution in [3.05, 3.63) is 70.1 Å². The van der Waals surface area contributed by atoms with Crippen LogP contribution in [-0.4, -0.2) is 27.2 Å². The van der Waals surface area contributed by atoms with Crippen molar-refractivity contribution in [3.63, 3.8) is 0 Å². The van der Waals surface area contributed by atoms with Crippen LogP contribution >= 0.6 is 0 Å². The number of hydrogen-bond donors (Lipinski definition) is 1. The number of benzene rings is 2. The first-order chi connectivity index (χ1) is 13.5. The number of methoxy groups -OCH3 is 1. The van der Waals surface area contributed by atoms with Gasteiger partial charge in [-0.15, -0.1) is 0 Å². The van der Waals surface area contributed by atoms with E-state index in [4.69, 9.17) is 4.74 Å². The Balaban J connectivity index is 1.83. The molecule has 4 aromatic rings. The third kappa shape index (κ3) is 2.81. The van der Waals surface area contributed by atoms with Crippen molar-refractivity contribution >= 4 is 28.1 Å². The van der Waals surface area contributed by atoms with Crippen LogP contribution in [0.4, 0.5) is 5.69 Å². The molecular formula is C21H20N4O3. The Morgan fingerprint density at radius 3 is 2.57 bits per heavy atom. The molecule has 0 aliphatic rings. The van der Waals surface area contributed by atoms with Gasteiger partial charge >= 0.3 is 0 Å². The fraction of sp³-hybridized carbons (Fsp3) is 0.190. The van der Waals surface area contributed by atoms with Crippen molar-refractivity contribution in [2.75, 3.05) is 12.4 Å². The van der Waals surface area contributed by atoms with E-state index in [1.54, 1.807) is 17.7 Å². The lowest BCUT2D eigenvalue weighted by Gasteiger charge is -2.10. The highest BCUT2D eigenvalue weighted by Gasteiger charge is 2.18. The third-order valence-electron chi connectivity index (χ3n) is 4.73. The van der Waals surface area contributed by atoms with Gasteiger partial charge in [0, 0.05) is 12.6 Å². The van der Waals surface area contributed by atoms with Gasteiger partial charge in [0.05, 0.1) is 23.8 Å². The molecule has 1 N–H and O–H groups in total. The largest absolute Gasteiger partial charge is 0.495 e. The first kappa shape index (κ1) is 17.8. The molecule has 0 atom stereocenters. The summed E-state index contributed by atoms with van der Waals surface area (Å²) in [6.45, 7) is 4.38. The van der Waals surface area contributed by atoms with Gasteiger partial charge in [0.1, 0.15) is 11.3 Å². The van der Waals surface area contributed by atoms with Crippen molar-refractivity contribution in [1.29, 1.82) is 0 Å². The number of carbonyl (C=O) groups excluding carboxylic acids is 1. The molecule has 2 aromatic carbocycles. The van der Waals surface area contributed by atoms with E-state index in [0.29, 0.717) is 23.5 Å². The number of para-hydroxylation sites is 2. The van der Waals surface area contributed by atoms with Crippen LogP contribution in [0.5, 0.6) is 5.75 Å². The summed E-state index contributed by atoms with van der Waals surface area (Å²) in [4.78, 5) is 25.7. The number of carbonyl (C=O) groups is 1. The van der Waals surface area contributed by atoms with Crippen LogP contribution in [0, 0.1) is 6.92 Å². The molecule has 0 radical (unpaired) electrons. The zero-order valence-corrected chi connectivity index (χ0v) is 15.9. The van der Waals surface area contributed by atoms with E-state index in [1.165, 1.54) is 10.6 Å². The molecule has 0 aliphatic carbocycles. The van der Waals surface area contributed by atoms with Crippen molar-refractivity contribution in [2.24, 2.45) is 0 Å². The van der Waals surface area contributed by atoms with E-state index in [1.807, 2.05) is 50.2 Å². The molecule has 2 aromatic heterocycles. The van der Waals surface area contributed by atoms with E-state index >= 15 is 0 Å². The van der Waals surface area contributed by atoms with Gasteiger partial charge in [-0.25, -0.2) is 4.52 Å². The summed E-state index contributed by atoms with van der Waals surface area (Å²) in [5.74, 6) is 0.153. The van der Waals surface area contributed by atoms with Gasteiger partial charge in [0.15, 0.2) is 5.69 Å². The van der Waals surface area contributed by atoms with Gasteiger partial charge in [-0.2, -0.15) is 5.10 Å². The second kappa shape index (κ2) is 6.84. The Bertz CT molecular complexity index is 1270. The number of anilines is 1. The maximum absolute atomic E-state index is 12.9. The van der Waals surface area contributed by atoms with E-state index in [0.717, 1.165) is 16.6 Å². The van der Waals surface area contributed by atoms with Crippen LogP contribution in [0.2, 0.25) is 0 Å². The summed E-state index contributed by atoms with van der Waals surface area (Å²) in [5.41, 5.74) is 3.44. The summed E-state index contributed by atoms with van der Waals surface area (Å²) in [6.07, 6.45) is 0. The number of ether oxygens (including phenoxy) is 1. The Labute approximate surface area is 161 Å². The third-order valence-corrected chi connectivity index (χ3v) is 4.73. The predicted molar refractivity (Wildman–Crippen MR) is 108 cm³/mol. The molecule has 1 amide bonds. The Hall–Kier alpha value is -3.61. The number of nitrogens with zero attached hydrogens (tertiary/aromatic N) is 3. The van der Waals surface area contributed by atoms with Crippen LogP contribution in [0.15, 0.2) is 53.3 Å². The number of hydrogen-bond acceptors (Lipinski definition) is 4. The predicted octanol–water partition coefficient (Wildman–Crippen LogP) is 3.24. The van der Waals surface area contributed by atoms with E-state index in [9.17, 15) is 9.59 Å². The molecule has 2 heterocycles. The molecule has 142 valence electrons. The highest BCUT2D eigenvalue weighted by atomic mass is 16.5. The molecule has 0 spiro atoms. The summed E-state index contributed by atoms with van der Waals surface area (Å²) >= 11 is 0. The van der Waals surface area contributed by atoms with E-state index in [2.05, 4.69) is 10.4 Å². The number of nitrogens with one attached hydrogen (secondary N) is 1. The van der Waals surface area contributed by atoms with Crippen LogP contribution in [0.1, 0.15) is 23.0 Å². The maximum atomic E-state index is 12.9. The van der Waals surface area contributed by atoms with Gasteiger partial charge in [-0.05, 0) is 43.7 Å². The average molecular weight is 376 g/mol. The van der Waals surface area contributed by atoms with Crippen molar-refractivity contribution in [1.82, 2.24) is 14.2 Å². The summed E-state index contributed by atoms with van der Waals surface area (Å²) in [5, 5.41) is 7.23. The molecule has 0 unspecified atom stereocenters. The first-order valence-corrected chi connectivity index (χ1v) is 9.00. The Morgan fingerprint density at radius 2 is 1.86 bits per heavy atom. The second-order valence-corrected chi connectivity index (χ2v) is 6.52. The smallest absolute Gasteiger partial charge is 0.277 e. The van der Waals surface area contributed by atoms with Gasteiger partial charge in [-0.3, -0.25) is 9.59 Å². The Morgan fingerprint density at radius 1 is 1.11 bits per heavy atom. The lowest BCUT2D eigenvalue weighted by Crippen LogP contribution is -2.22. The summed E-state index contributed by atoms with van der Waals surface area (Å²) in [6, 6.07) is 14.6. The summed E-state index contributed by atoms with van der Waals surface area (Å²) < 4.78 is 8.52. The molecule has 28 heavy (non-hydrogen) atoms. The van der Waals surface area contributed by atoms with Crippen LogP contribution in [0.3, 0.4) is 0 Å². The van der Waals surface area contributed by atoms with Crippen LogP contribution < -0.4 is 15.6 Å². The number of fused-ring (bicyclic) bond motifs is 3. The maximum Gasteiger partial charge on any atom is 0.277 e. The number of aromatic nitrogens is 3. The van der Waals surface area contributed by atoms with Gasteiger partial charge < -0.3 is 14.6 Å². The average Bonchev–Trinajstić information content (AvgIpc) is 3.15. The minimum Gasteiger partial charge on any atom is -0.495 e. The molecule has 0 saturated carbocycles. The van der Waals surface area contributed by atoms with Gasteiger partial charge in [0.2, 0.25) is 0 Å². The van der Waals surface area contributed by atoms with Crippen molar-refractivity contribution in [2.45, 2.75) is 20.4 Å². The molecule has 0 bridgehead atoms.